The molecule has 0 aliphatic carbocycles. The van der Waals surface area contributed by atoms with Crippen molar-refractivity contribution in [3.8, 4) is 11.5 Å². The molecule has 0 amide bonds. The first-order chi connectivity index (χ1) is 7.10. The SMILES string of the molecule is COC(=O)c1cc(CCO)c(O)cc1O. The Hall–Kier alpha value is -1.75. The number of phenols is 2. The van der Waals surface area contributed by atoms with Gasteiger partial charge in [-0.2, -0.15) is 0 Å². The summed E-state index contributed by atoms with van der Waals surface area (Å²) >= 11 is 0. The first-order valence-electron chi connectivity index (χ1n) is 4.34. The Morgan fingerprint density at radius 1 is 1.33 bits per heavy atom. The Balaban J connectivity index is 3.17. The third-order valence-electron chi connectivity index (χ3n) is 1.98. The minimum atomic E-state index is -0.688. The second kappa shape index (κ2) is 4.65. The summed E-state index contributed by atoms with van der Waals surface area (Å²) in [5.41, 5.74) is 0.356. The molecule has 5 heteroatoms. The van der Waals surface area contributed by atoms with Crippen molar-refractivity contribution in [2.24, 2.45) is 0 Å². The van der Waals surface area contributed by atoms with Gasteiger partial charge in [-0.15, -0.1) is 0 Å². The largest absolute Gasteiger partial charge is 0.508 e. The molecule has 0 radical (unpaired) electrons. The fourth-order valence-corrected chi connectivity index (χ4v) is 1.22. The normalized spacial score (nSPS) is 10.0. The second-order valence-electron chi connectivity index (χ2n) is 2.96. The van der Waals surface area contributed by atoms with Crippen molar-refractivity contribution in [1.29, 1.82) is 0 Å². The van der Waals surface area contributed by atoms with E-state index >= 15 is 0 Å². The maximum Gasteiger partial charge on any atom is 0.341 e. The first kappa shape index (κ1) is 11.3. The number of aliphatic hydroxyl groups excluding tert-OH is 1. The molecule has 1 aromatic rings. The number of aromatic hydroxyl groups is 2. The topological polar surface area (TPSA) is 87.0 Å². The van der Waals surface area contributed by atoms with Crippen LogP contribution >= 0.6 is 0 Å². The lowest BCUT2D eigenvalue weighted by Gasteiger charge is -2.07. The van der Waals surface area contributed by atoms with E-state index in [1.54, 1.807) is 0 Å². The zero-order valence-electron chi connectivity index (χ0n) is 8.23. The van der Waals surface area contributed by atoms with E-state index in [-0.39, 0.29) is 30.1 Å². The van der Waals surface area contributed by atoms with Gasteiger partial charge in [0.25, 0.3) is 0 Å². The summed E-state index contributed by atoms with van der Waals surface area (Å²) < 4.78 is 4.45. The summed E-state index contributed by atoms with van der Waals surface area (Å²) in [4.78, 5) is 11.2. The Kier molecular flexibility index (Phi) is 3.51. The van der Waals surface area contributed by atoms with Crippen molar-refractivity contribution < 1.29 is 24.9 Å². The standard InChI is InChI=1S/C10H12O5/c1-15-10(14)7-4-6(2-3-11)8(12)5-9(7)13/h4-5,11-13H,2-3H2,1H3. The molecular weight excluding hydrogens is 200 g/mol. The van der Waals surface area contributed by atoms with Gasteiger partial charge in [-0.05, 0) is 18.1 Å². The second-order valence-corrected chi connectivity index (χ2v) is 2.96. The van der Waals surface area contributed by atoms with E-state index in [1.807, 2.05) is 0 Å². The Labute approximate surface area is 86.5 Å². The van der Waals surface area contributed by atoms with Crippen LogP contribution in [0.4, 0.5) is 0 Å². The molecule has 0 aliphatic rings. The van der Waals surface area contributed by atoms with E-state index in [0.717, 1.165) is 6.07 Å². The molecule has 0 aromatic heterocycles. The van der Waals surface area contributed by atoms with Gasteiger partial charge in [0, 0.05) is 12.7 Å². The number of rotatable bonds is 3. The molecule has 5 nitrogen and oxygen atoms in total. The van der Waals surface area contributed by atoms with Crippen LogP contribution in [0.25, 0.3) is 0 Å². The summed E-state index contributed by atoms with van der Waals surface area (Å²) in [6.45, 7) is -0.154. The van der Waals surface area contributed by atoms with Crippen LogP contribution in [-0.4, -0.2) is 35.0 Å². The average molecular weight is 212 g/mol. The van der Waals surface area contributed by atoms with Crippen LogP contribution in [0.15, 0.2) is 12.1 Å². The molecule has 0 bridgehead atoms. The zero-order valence-corrected chi connectivity index (χ0v) is 8.23. The highest BCUT2D eigenvalue weighted by Crippen LogP contribution is 2.28. The van der Waals surface area contributed by atoms with Gasteiger partial charge < -0.3 is 20.1 Å². The molecule has 0 atom stereocenters. The van der Waals surface area contributed by atoms with Crippen LogP contribution < -0.4 is 0 Å². The molecule has 1 aromatic carbocycles. The van der Waals surface area contributed by atoms with Crippen molar-refractivity contribution in [2.45, 2.75) is 6.42 Å². The van der Waals surface area contributed by atoms with E-state index < -0.39 is 5.97 Å². The lowest BCUT2D eigenvalue weighted by molar-refractivity contribution is 0.0597. The average Bonchev–Trinajstić information content (AvgIpc) is 2.21. The first-order valence-corrected chi connectivity index (χ1v) is 4.34. The van der Waals surface area contributed by atoms with E-state index in [9.17, 15) is 15.0 Å². The number of esters is 1. The van der Waals surface area contributed by atoms with Gasteiger partial charge in [-0.3, -0.25) is 0 Å². The van der Waals surface area contributed by atoms with Gasteiger partial charge in [-0.25, -0.2) is 4.79 Å². The Bertz CT molecular complexity index is 372. The summed E-state index contributed by atoms with van der Waals surface area (Å²) in [5, 5.41) is 27.5. The number of ether oxygens (including phenoxy) is 1. The number of phenolic OH excluding ortho intramolecular Hbond substituents is 2. The van der Waals surface area contributed by atoms with Crippen molar-refractivity contribution >= 4 is 5.97 Å². The Morgan fingerprint density at radius 2 is 2.00 bits per heavy atom. The minimum absolute atomic E-state index is 0.0289. The number of hydrogen-bond acceptors (Lipinski definition) is 5. The molecule has 0 fully saturated rings. The molecular formula is C10H12O5. The lowest BCUT2D eigenvalue weighted by Crippen LogP contribution is -2.03. The number of carbonyl (C=O) groups excluding carboxylic acids is 1. The molecule has 3 N–H and O–H groups in total. The highest BCUT2D eigenvalue weighted by Gasteiger charge is 2.15. The van der Waals surface area contributed by atoms with Crippen LogP contribution in [0, 0.1) is 0 Å². The highest BCUT2D eigenvalue weighted by atomic mass is 16.5. The molecule has 82 valence electrons. The summed E-state index contributed by atoms with van der Waals surface area (Å²) in [6.07, 6.45) is 0.204. The molecule has 0 aliphatic heterocycles. The lowest BCUT2D eigenvalue weighted by atomic mass is 10.1. The minimum Gasteiger partial charge on any atom is -0.508 e. The molecule has 0 spiro atoms. The number of methoxy groups -OCH3 is 1. The predicted octanol–water partition coefficient (Wildman–Crippen LogP) is 0.419. The van der Waals surface area contributed by atoms with E-state index in [1.165, 1.54) is 13.2 Å². The highest BCUT2D eigenvalue weighted by molar-refractivity contribution is 5.92. The van der Waals surface area contributed by atoms with Crippen molar-refractivity contribution in [2.75, 3.05) is 13.7 Å². The molecule has 0 saturated carbocycles. The molecule has 0 heterocycles. The maximum atomic E-state index is 11.2. The summed E-state index contributed by atoms with van der Waals surface area (Å²) in [7, 11) is 1.19. The van der Waals surface area contributed by atoms with Crippen molar-refractivity contribution in [1.82, 2.24) is 0 Å². The number of benzene rings is 1. The van der Waals surface area contributed by atoms with Gasteiger partial charge in [0.15, 0.2) is 0 Å². The van der Waals surface area contributed by atoms with E-state index in [2.05, 4.69) is 4.74 Å². The van der Waals surface area contributed by atoms with Gasteiger partial charge >= 0.3 is 5.97 Å². The quantitative estimate of drug-likeness (QED) is 0.632. The number of carbonyl (C=O) groups is 1. The predicted molar refractivity (Wildman–Crippen MR) is 51.9 cm³/mol. The van der Waals surface area contributed by atoms with Crippen LogP contribution in [-0.2, 0) is 11.2 Å². The molecule has 1 rings (SSSR count). The summed E-state index contributed by atoms with van der Waals surface area (Å²) in [5.74, 6) is -1.19. The zero-order chi connectivity index (χ0) is 11.4. The Morgan fingerprint density at radius 3 is 2.53 bits per heavy atom. The van der Waals surface area contributed by atoms with E-state index in [4.69, 9.17) is 5.11 Å². The van der Waals surface area contributed by atoms with E-state index in [0.29, 0.717) is 5.56 Å². The van der Waals surface area contributed by atoms with Crippen LogP contribution in [0.5, 0.6) is 11.5 Å². The molecule has 0 unspecified atom stereocenters. The van der Waals surface area contributed by atoms with Crippen LogP contribution in [0.3, 0.4) is 0 Å². The third-order valence-corrected chi connectivity index (χ3v) is 1.98. The van der Waals surface area contributed by atoms with Crippen molar-refractivity contribution in [3.63, 3.8) is 0 Å². The van der Waals surface area contributed by atoms with Gasteiger partial charge in [0.1, 0.15) is 17.1 Å². The van der Waals surface area contributed by atoms with Gasteiger partial charge in [-0.1, -0.05) is 0 Å². The van der Waals surface area contributed by atoms with Crippen molar-refractivity contribution in [3.05, 3.63) is 23.3 Å². The molecule has 15 heavy (non-hydrogen) atoms. The number of hydrogen-bond donors (Lipinski definition) is 3. The smallest absolute Gasteiger partial charge is 0.341 e. The fraction of sp³-hybridized carbons (Fsp3) is 0.300. The fourth-order valence-electron chi connectivity index (χ4n) is 1.22. The van der Waals surface area contributed by atoms with Crippen LogP contribution in [0.2, 0.25) is 0 Å². The number of aliphatic hydroxyl groups is 1. The van der Waals surface area contributed by atoms with Gasteiger partial charge in [0.05, 0.1) is 7.11 Å². The maximum absolute atomic E-state index is 11.2. The third kappa shape index (κ3) is 2.38. The van der Waals surface area contributed by atoms with Crippen LogP contribution in [0.1, 0.15) is 15.9 Å². The molecule has 0 saturated heterocycles. The van der Waals surface area contributed by atoms with Gasteiger partial charge in [0.2, 0.25) is 0 Å². The summed E-state index contributed by atoms with van der Waals surface area (Å²) in [6, 6.07) is 2.35. The monoisotopic (exact) mass is 212 g/mol.